The summed E-state index contributed by atoms with van der Waals surface area (Å²) in [7, 11) is 0. The van der Waals surface area contributed by atoms with Crippen molar-refractivity contribution in [1.82, 2.24) is 9.80 Å². The van der Waals surface area contributed by atoms with Gasteiger partial charge in [-0.3, -0.25) is 4.79 Å². The van der Waals surface area contributed by atoms with Crippen LogP contribution in [0.1, 0.15) is 50.7 Å². The maximum atomic E-state index is 13.3. The van der Waals surface area contributed by atoms with Crippen LogP contribution in [0.3, 0.4) is 0 Å². The van der Waals surface area contributed by atoms with E-state index in [2.05, 4.69) is 95.8 Å². The molecule has 0 aliphatic carbocycles. The Hall–Kier alpha value is -2.37. The molecule has 34 heavy (non-hydrogen) atoms. The van der Waals surface area contributed by atoms with E-state index >= 15 is 0 Å². The zero-order valence-electron chi connectivity index (χ0n) is 21.5. The highest BCUT2D eigenvalue weighted by molar-refractivity contribution is 5.91. The molecule has 2 atom stereocenters. The second kappa shape index (κ2) is 11.4. The number of nitrogens with zero attached hydrogens (tertiary/aromatic N) is 4. The largest absolute Gasteiger partial charge is 0.369 e. The summed E-state index contributed by atoms with van der Waals surface area (Å²) in [6, 6.07) is 17.4. The van der Waals surface area contributed by atoms with Crippen LogP contribution in [0, 0.1) is 0 Å². The summed E-state index contributed by atoms with van der Waals surface area (Å²) in [5.74, 6) is 0.0687. The van der Waals surface area contributed by atoms with Gasteiger partial charge in [0.15, 0.2) is 0 Å². The lowest BCUT2D eigenvalue weighted by atomic mass is 9.85. The molecule has 0 amide bonds. The Kier molecular flexibility index (Phi) is 8.28. The topological polar surface area (TPSA) is 30.0 Å². The fourth-order valence-corrected chi connectivity index (χ4v) is 5.30. The number of rotatable bonds is 8. The third-order valence-electron chi connectivity index (χ3n) is 8.01. The molecule has 2 saturated heterocycles. The highest BCUT2D eigenvalue weighted by Gasteiger charge is 2.24. The summed E-state index contributed by atoms with van der Waals surface area (Å²) in [4.78, 5) is 23.2. The summed E-state index contributed by atoms with van der Waals surface area (Å²) in [6.45, 7) is 19.6. The number of piperazine rings is 2. The third kappa shape index (κ3) is 5.64. The predicted octanol–water partition coefficient (Wildman–Crippen LogP) is 4.45. The Bertz CT molecular complexity index is 835. The first-order chi connectivity index (χ1) is 16.5. The first kappa shape index (κ1) is 24.7. The molecule has 5 nitrogen and oxygen atoms in total. The molecule has 2 aromatic rings. The van der Waals surface area contributed by atoms with Crippen molar-refractivity contribution < 1.29 is 4.79 Å². The summed E-state index contributed by atoms with van der Waals surface area (Å²) in [5, 5.41) is 0. The molecule has 0 aromatic heterocycles. The standard InChI is InChI=1S/C29H42N4O/c1-5-30-15-19-32(20-16-30)27-11-7-25(8-12-27)23(3)29(34)24(4)26-9-13-28(14-10-26)33-21-17-31(6-2)18-22-33/h7-14,23-24H,5-6,15-22H2,1-4H3. The zero-order valence-corrected chi connectivity index (χ0v) is 21.5. The molecule has 2 unspecified atom stereocenters. The quantitative estimate of drug-likeness (QED) is 0.578. The summed E-state index contributed by atoms with van der Waals surface area (Å²) < 4.78 is 0. The first-order valence-corrected chi connectivity index (χ1v) is 13.2. The molecule has 2 aliphatic rings. The minimum absolute atomic E-state index is 0.109. The predicted molar refractivity (Wildman–Crippen MR) is 143 cm³/mol. The van der Waals surface area contributed by atoms with Crippen molar-refractivity contribution in [3.63, 3.8) is 0 Å². The molecule has 0 spiro atoms. The third-order valence-corrected chi connectivity index (χ3v) is 8.01. The minimum atomic E-state index is -0.109. The van der Waals surface area contributed by atoms with E-state index in [1.165, 1.54) is 11.4 Å². The van der Waals surface area contributed by atoms with Gasteiger partial charge in [0.2, 0.25) is 0 Å². The van der Waals surface area contributed by atoms with E-state index in [4.69, 9.17) is 0 Å². The molecule has 0 bridgehead atoms. The Morgan fingerprint density at radius 3 is 1.24 bits per heavy atom. The lowest BCUT2D eigenvalue weighted by Gasteiger charge is -2.35. The van der Waals surface area contributed by atoms with Gasteiger partial charge in [-0.15, -0.1) is 0 Å². The van der Waals surface area contributed by atoms with Crippen molar-refractivity contribution in [1.29, 1.82) is 0 Å². The number of hydrogen-bond acceptors (Lipinski definition) is 5. The highest BCUT2D eigenvalue weighted by Crippen LogP contribution is 2.29. The number of hydrogen-bond donors (Lipinski definition) is 0. The summed E-state index contributed by atoms with van der Waals surface area (Å²) in [5.41, 5.74) is 4.75. The number of carbonyl (C=O) groups excluding carboxylic acids is 1. The molecule has 2 heterocycles. The molecule has 0 saturated carbocycles. The molecule has 2 aliphatic heterocycles. The van der Waals surface area contributed by atoms with E-state index in [9.17, 15) is 4.79 Å². The van der Waals surface area contributed by atoms with E-state index in [0.29, 0.717) is 0 Å². The molecule has 2 fully saturated rings. The van der Waals surface area contributed by atoms with Crippen molar-refractivity contribution in [2.45, 2.75) is 39.5 Å². The van der Waals surface area contributed by atoms with Crippen LogP contribution in [0.15, 0.2) is 48.5 Å². The Morgan fingerprint density at radius 1 is 0.618 bits per heavy atom. The summed E-state index contributed by atoms with van der Waals surface area (Å²) in [6.07, 6.45) is 0. The molecule has 0 radical (unpaired) electrons. The number of Topliss-reactive ketones (excluding diaryl/α,β-unsaturated/α-hetero) is 1. The Labute approximate surface area is 206 Å². The monoisotopic (exact) mass is 462 g/mol. The van der Waals surface area contributed by atoms with Crippen LogP contribution in [0.25, 0.3) is 0 Å². The van der Waals surface area contributed by atoms with Gasteiger partial charge in [-0.25, -0.2) is 0 Å². The lowest BCUT2D eigenvalue weighted by Crippen LogP contribution is -2.46. The number of anilines is 2. The van der Waals surface area contributed by atoms with Crippen LogP contribution >= 0.6 is 0 Å². The molecule has 5 heteroatoms. The van der Waals surface area contributed by atoms with E-state index in [0.717, 1.165) is 76.6 Å². The lowest BCUT2D eigenvalue weighted by molar-refractivity contribution is -0.121. The van der Waals surface area contributed by atoms with Crippen molar-refractivity contribution in [2.75, 3.05) is 75.2 Å². The van der Waals surface area contributed by atoms with Gasteiger partial charge in [0.1, 0.15) is 5.78 Å². The van der Waals surface area contributed by atoms with Crippen LogP contribution in [0.2, 0.25) is 0 Å². The van der Waals surface area contributed by atoms with Crippen LogP contribution in [-0.2, 0) is 4.79 Å². The van der Waals surface area contributed by atoms with Gasteiger partial charge < -0.3 is 19.6 Å². The van der Waals surface area contributed by atoms with Crippen molar-refractivity contribution >= 4 is 17.2 Å². The van der Waals surface area contributed by atoms with E-state index in [1.54, 1.807) is 0 Å². The molecule has 184 valence electrons. The van der Waals surface area contributed by atoms with Gasteiger partial charge in [0, 0.05) is 75.6 Å². The van der Waals surface area contributed by atoms with Crippen LogP contribution in [0.4, 0.5) is 11.4 Å². The smallest absolute Gasteiger partial charge is 0.147 e. The maximum absolute atomic E-state index is 13.3. The molecule has 0 N–H and O–H groups in total. The Morgan fingerprint density at radius 2 is 0.941 bits per heavy atom. The maximum Gasteiger partial charge on any atom is 0.147 e. The van der Waals surface area contributed by atoms with Gasteiger partial charge in [-0.2, -0.15) is 0 Å². The number of ketones is 1. The first-order valence-electron chi connectivity index (χ1n) is 13.2. The average molecular weight is 463 g/mol. The van der Waals surface area contributed by atoms with Crippen LogP contribution in [-0.4, -0.2) is 81.0 Å². The van der Waals surface area contributed by atoms with E-state index in [-0.39, 0.29) is 17.6 Å². The number of likely N-dealkylation sites (N-methyl/N-ethyl adjacent to an activating group) is 2. The van der Waals surface area contributed by atoms with Gasteiger partial charge in [0.05, 0.1) is 0 Å². The van der Waals surface area contributed by atoms with Crippen molar-refractivity contribution in [3.05, 3.63) is 59.7 Å². The zero-order chi connectivity index (χ0) is 24.1. The number of benzene rings is 2. The van der Waals surface area contributed by atoms with Crippen molar-refractivity contribution in [3.8, 4) is 0 Å². The van der Waals surface area contributed by atoms with Gasteiger partial charge >= 0.3 is 0 Å². The molecular formula is C29H42N4O. The minimum Gasteiger partial charge on any atom is -0.369 e. The highest BCUT2D eigenvalue weighted by atomic mass is 16.1. The normalized spacial score (nSPS) is 19.8. The molecular weight excluding hydrogens is 420 g/mol. The Balaban J connectivity index is 1.35. The molecule has 4 rings (SSSR count). The van der Waals surface area contributed by atoms with E-state index < -0.39 is 0 Å². The van der Waals surface area contributed by atoms with E-state index in [1.807, 2.05) is 0 Å². The molecule has 2 aromatic carbocycles. The van der Waals surface area contributed by atoms with Crippen LogP contribution < -0.4 is 9.80 Å². The van der Waals surface area contributed by atoms with Gasteiger partial charge in [0.25, 0.3) is 0 Å². The van der Waals surface area contributed by atoms with Gasteiger partial charge in [-0.1, -0.05) is 52.0 Å². The SMILES string of the molecule is CCN1CCN(c2ccc(C(C)C(=O)C(C)c3ccc(N4CCN(CC)CC4)cc3)cc2)CC1. The van der Waals surface area contributed by atoms with Crippen molar-refractivity contribution in [2.24, 2.45) is 0 Å². The second-order valence-electron chi connectivity index (χ2n) is 9.87. The average Bonchev–Trinajstić information content (AvgIpc) is 2.92. The van der Waals surface area contributed by atoms with Gasteiger partial charge in [-0.05, 0) is 48.5 Å². The fourth-order valence-electron chi connectivity index (χ4n) is 5.30. The fraction of sp³-hybridized carbons (Fsp3) is 0.552. The summed E-state index contributed by atoms with van der Waals surface area (Å²) >= 11 is 0. The van der Waals surface area contributed by atoms with Crippen LogP contribution in [0.5, 0.6) is 0 Å². The second-order valence-corrected chi connectivity index (χ2v) is 9.87. The number of carbonyl (C=O) groups is 1.